The number of halogens is 1. The molecule has 0 amide bonds. The Kier molecular flexibility index (Phi) is 5.41. The zero-order chi connectivity index (χ0) is 14.5. The van der Waals surface area contributed by atoms with E-state index in [-0.39, 0.29) is 11.9 Å². The fourth-order valence-corrected chi connectivity index (χ4v) is 3.32. The molecule has 0 spiro atoms. The second-order valence-corrected chi connectivity index (χ2v) is 6.04. The zero-order valence-corrected chi connectivity index (χ0v) is 12.7. The van der Waals surface area contributed by atoms with Crippen LogP contribution in [0.2, 0.25) is 0 Å². The minimum Gasteiger partial charge on any atom is -0.369 e. The Balaban J connectivity index is 2.19. The van der Waals surface area contributed by atoms with Gasteiger partial charge in [-0.25, -0.2) is 4.39 Å². The molecular weight excluding hydrogens is 251 g/mol. The van der Waals surface area contributed by atoms with Gasteiger partial charge in [0, 0.05) is 19.1 Å². The molecule has 1 aromatic carbocycles. The minimum atomic E-state index is -0.131. The van der Waals surface area contributed by atoms with Crippen LogP contribution in [0.25, 0.3) is 0 Å². The molecule has 1 saturated heterocycles. The van der Waals surface area contributed by atoms with Crippen LogP contribution in [0.4, 0.5) is 10.1 Å². The van der Waals surface area contributed by atoms with Crippen LogP contribution >= 0.6 is 0 Å². The monoisotopic (exact) mass is 278 g/mol. The van der Waals surface area contributed by atoms with Crippen molar-refractivity contribution in [3.8, 4) is 0 Å². The average molecular weight is 278 g/mol. The molecule has 1 aliphatic rings. The van der Waals surface area contributed by atoms with E-state index in [4.69, 9.17) is 5.73 Å². The number of hydrogen-bond acceptors (Lipinski definition) is 2. The summed E-state index contributed by atoms with van der Waals surface area (Å²) < 4.78 is 14.3. The van der Waals surface area contributed by atoms with Crippen molar-refractivity contribution >= 4 is 5.69 Å². The molecule has 3 heteroatoms. The van der Waals surface area contributed by atoms with E-state index < -0.39 is 0 Å². The topological polar surface area (TPSA) is 29.3 Å². The van der Waals surface area contributed by atoms with E-state index in [0.717, 1.165) is 36.7 Å². The molecule has 1 aliphatic heterocycles. The van der Waals surface area contributed by atoms with Crippen LogP contribution in [-0.2, 0) is 0 Å². The molecule has 0 aliphatic carbocycles. The number of hydrogen-bond donors (Lipinski definition) is 1. The van der Waals surface area contributed by atoms with Crippen molar-refractivity contribution in [2.45, 2.75) is 52.0 Å². The fourth-order valence-electron chi connectivity index (χ4n) is 3.32. The van der Waals surface area contributed by atoms with Crippen LogP contribution in [0.15, 0.2) is 18.2 Å². The van der Waals surface area contributed by atoms with E-state index in [1.54, 1.807) is 12.1 Å². The molecule has 0 saturated carbocycles. The summed E-state index contributed by atoms with van der Waals surface area (Å²) in [6.45, 7) is 6.07. The maximum atomic E-state index is 14.3. The highest BCUT2D eigenvalue weighted by Crippen LogP contribution is 2.32. The van der Waals surface area contributed by atoms with Crippen LogP contribution in [0.1, 0.15) is 57.6 Å². The van der Waals surface area contributed by atoms with Crippen molar-refractivity contribution in [1.29, 1.82) is 0 Å². The van der Waals surface area contributed by atoms with E-state index in [1.807, 2.05) is 13.0 Å². The van der Waals surface area contributed by atoms with Gasteiger partial charge in [0.15, 0.2) is 0 Å². The number of para-hydroxylation sites is 1. The first-order valence-corrected chi connectivity index (χ1v) is 7.92. The molecule has 112 valence electrons. The first kappa shape index (κ1) is 15.3. The lowest BCUT2D eigenvalue weighted by Crippen LogP contribution is -2.27. The molecule has 2 N–H and O–H groups in total. The maximum Gasteiger partial charge on any atom is 0.146 e. The van der Waals surface area contributed by atoms with E-state index in [2.05, 4.69) is 11.8 Å². The SMILES string of the molecule is CCCC1CCCN(c2c(F)cccc2C(C)N)CC1. The Morgan fingerprint density at radius 1 is 1.35 bits per heavy atom. The molecule has 0 aromatic heterocycles. The standard InChI is InChI=1S/C17H27FN2/c1-3-6-14-7-5-11-20(12-10-14)17-15(13(2)19)8-4-9-16(17)18/h4,8-9,13-14H,3,5-7,10-12,19H2,1-2H3. The van der Waals surface area contributed by atoms with Gasteiger partial charge >= 0.3 is 0 Å². The van der Waals surface area contributed by atoms with Gasteiger partial charge in [0.05, 0.1) is 5.69 Å². The molecule has 1 aromatic rings. The highest BCUT2D eigenvalue weighted by molar-refractivity contribution is 5.56. The molecule has 20 heavy (non-hydrogen) atoms. The highest BCUT2D eigenvalue weighted by atomic mass is 19.1. The lowest BCUT2D eigenvalue weighted by Gasteiger charge is -2.27. The van der Waals surface area contributed by atoms with Crippen molar-refractivity contribution in [2.75, 3.05) is 18.0 Å². The largest absolute Gasteiger partial charge is 0.369 e. The van der Waals surface area contributed by atoms with E-state index >= 15 is 0 Å². The Labute approximate surface area is 122 Å². The third-order valence-electron chi connectivity index (χ3n) is 4.37. The number of nitrogens with two attached hydrogens (primary N) is 1. The second-order valence-electron chi connectivity index (χ2n) is 6.04. The summed E-state index contributed by atoms with van der Waals surface area (Å²) in [5.74, 6) is 0.671. The van der Waals surface area contributed by atoms with Crippen molar-refractivity contribution in [3.05, 3.63) is 29.6 Å². The summed E-state index contributed by atoms with van der Waals surface area (Å²) in [5.41, 5.74) is 7.68. The van der Waals surface area contributed by atoms with Crippen molar-refractivity contribution in [3.63, 3.8) is 0 Å². The Bertz CT molecular complexity index is 431. The quantitative estimate of drug-likeness (QED) is 0.892. The normalized spacial score (nSPS) is 21.6. The van der Waals surface area contributed by atoms with Crippen molar-refractivity contribution in [2.24, 2.45) is 11.7 Å². The summed E-state index contributed by atoms with van der Waals surface area (Å²) in [7, 11) is 0. The molecule has 0 radical (unpaired) electrons. The Morgan fingerprint density at radius 2 is 2.15 bits per heavy atom. The van der Waals surface area contributed by atoms with E-state index in [9.17, 15) is 4.39 Å². The van der Waals surface area contributed by atoms with Crippen LogP contribution in [-0.4, -0.2) is 13.1 Å². The molecule has 2 atom stereocenters. The summed E-state index contributed by atoms with van der Waals surface area (Å²) in [6.07, 6.45) is 6.13. The third kappa shape index (κ3) is 3.51. The first-order chi connectivity index (χ1) is 9.63. The molecule has 2 rings (SSSR count). The smallest absolute Gasteiger partial charge is 0.146 e. The van der Waals surface area contributed by atoms with Gasteiger partial charge < -0.3 is 10.6 Å². The van der Waals surface area contributed by atoms with Gasteiger partial charge in [-0.3, -0.25) is 0 Å². The van der Waals surface area contributed by atoms with E-state index in [0.29, 0.717) is 0 Å². The Morgan fingerprint density at radius 3 is 2.85 bits per heavy atom. The molecular formula is C17H27FN2. The van der Waals surface area contributed by atoms with Gasteiger partial charge in [0.1, 0.15) is 5.82 Å². The van der Waals surface area contributed by atoms with Gasteiger partial charge in [-0.15, -0.1) is 0 Å². The van der Waals surface area contributed by atoms with Gasteiger partial charge in [-0.05, 0) is 43.7 Å². The Hall–Kier alpha value is -1.09. The zero-order valence-electron chi connectivity index (χ0n) is 12.7. The second kappa shape index (κ2) is 7.07. The molecule has 1 heterocycles. The molecule has 2 unspecified atom stereocenters. The predicted octanol–water partition coefficient (Wildman–Crippen LogP) is 4.25. The van der Waals surface area contributed by atoms with Crippen LogP contribution < -0.4 is 10.6 Å². The van der Waals surface area contributed by atoms with Gasteiger partial charge in [-0.1, -0.05) is 31.9 Å². The van der Waals surface area contributed by atoms with E-state index in [1.165, 1.54) is 25.7 Å². The average Bonchev–Trinajstić information content (AvgIpc) is 2.64. The summed E-state index contributed by atoms with van der Waals surface area (Å²) in [6, 6.07) is 5.14. The van der Waals surface area contributed by atoms with Gasteiger partial charge in [0.25, 0.3) is 0 Å². The summed E-state index contributed by atoms with van der Waals surface area (Å²) >= 11 is 0. The lowest BCUT2D eigenvalue weighted by molar-refractivity contribution is 0.435. The molecule has 1 fully saturated rings. The van der Waals surface area contributed by atoms with Gasteiger partial charge in [0.2, 0.25) is 0 Å². The summed E-state index contributed by atoms with van der Waals surface area (Å²) in [5, 5.41) is 0. The summed E-state index contributed by atoms with van der Waals surface area (Å²) in [4.78, 5) is 2.21. The number of anilines is 1. The van der Waals surface area contributed by atoms with Crippen LogP contribution in [0.3, 0.4) is 0 Å². The van der Waals surface area contributed by atoms with Crippen molar-refractivity contribution < 1.29 is 4.39 Å². The number of benzene rings is 1. The first-order valence-electron chi connectivity index (χ1n) is 7.92. The number of nitrogens with zero attached hydrogens (tertiary/aromatic N) is 1. The van der Waals surface area contributed by atoms with Gasteiger partial charge in [-0.2, -0.15) is 0 Å². The predicted molar refractivity (Wildman–Crippen MR) is 83.5 cm³/mol. The van der Waals surface area contributed by atoms with Crippen molar-refractivity contribution in [1.82, 2.24) is 0 Å². The molecule has 2 nitrogen and oxygen atoms in total. The minimum absolute atomic E-state index is 0.129. The van der Waals surface area contributed by atoms with Crippen LogP contribution in [0, 0.1) is 11.7 Å². The third-order valence-corrected chi connectivity index (χ3v) is 4.37. The lowest BCUT2D eigenvalue weighted by atomic mass is 9.96. The number of rotatable bonds is 4. The molecule has 0 bridgehead atoms. The maximum absolute atomic E-state index is 14.3. The highest BCUT2D eigenvalue weighted by Gasteiger charge is 2.22. The fraction of sp³-hybridized carbons (Fsp3) is 0.647. The van der Waals surface area contributed by atoms with Crippen LogP contribution in [0.5, 0.6) is 0 Å².